The zero-order valence-corrected chi connectivity index (χ0v) is 13.7. The van der Waals surface area contributed by atoms with Crippen LogP contribution in [0.5, 0.6) is 0 Å². The quantitative estimate of drug-likeness (QED) is 0.658. The second-order valence-electron chi connectivity index (χ2n) is 5.86. The van der Waals surface area contributed by atoms with Gasteiger partial charge in [-0.25, -0.2) is 0 Å². The number of hydrogen-bond donors (Lipinski definition) is 0. The minimum absolute atomic E-state index is 0.313. The maximum atomic E-state index is 12.2. The van der Waals surface area contributed by atoms with Crippen molar-refractivity contribution in [3.05, 3.63) is 72.3 Å². The molecule has 1 atom stereocenters. The molecule has 1 aliphatic rings. The van der Waals surface area contributed by atoms with Crippen molar-refractivity contribution in [2.75, 3.05) is 4.90 Å². The Kier molecular flexibility index (Phi) is 3.82. The van der Waals surface area contributed by atoms with Gasteiger partial charge in [0.05, 0.1) is 5.69 Å². The highest BCUT2D eigenvalue weighted by molar-refractivity contribution is 6.04. The van der Waals surface area contributed by atoms with Gasteiger partial charge in [0.25, 0.3) is 5.91 Å². The van der Waals surface area contributed by atoms with Crippen molar-refractivity contribution in [2.24, 2.45) is 15.2 Å². The van der Waals surface area contributed by atoms with E-state index < -0.39 is 6.17 Å². The lowest BCUT2D eigenvalue weighted by molar-refractivity contribution is -0.118. The number of nitrogens with zero attached hydrogens (tertiary/aromatic N) is 4. The Hall–Kier alpha value is -3.34. The lowest BCUT2D eigenvalue weighted by atomic mass is 10.1. The number of carbonyl (C=O) groups is 1. The molecule has 25 heavy (non-hydrogen) atoms. The second kappa shape index (κ2) is 6.28. The number of carbonyl (C=O) groups excluding carboxylic acids is 1. The Labute approximate surface area is 145 Å². The Morgan fingerprint density at radius 1 is 0.960 bits per heavy atom. The SMILES string of the molecule is Cc1ccccc1N1C=NC(=O)[C@@H]1N=Nc1cccc2ccccc12. The lowest BCUT2D eigenvalue weighted by Gasteiger charge is -2.20. The van der Waals surface area contributed by atoms with Gasteiger partial charge in [0.2, 0.25) is 6.17 Å². The minimum atomic E-state index is -0.764. The topological polar surface area (TPSA) is 57.4 Å². The summed E-state index contributed by atoms with van der Waals surface area (Å²) in [4.78, 5) is 17.8. The van der Waals surface area contributed by atoms with Crippen LogP contribution in [0.25, 0.3) is 10.8 Å². The molecule has 4 rings (SSSR count). The first-order valence-corrected chi connectivity index (χ1v) is 8.05. The van der Waals surface area contributed by atoms with Crippen LogP contribution in [0.1, 0.15) is 5.56 Å². The van der Waals surface area contributed by atoms with Crippen LogP contribution in [0.4, 0.5) is 11.4 Å². The van der Waals surface area contributed by atoms with Crippen molar-refractivity contribution in [1.82, 2.24) is 0 Å². The zero-order chi connectivity index (χ0) is 17.2. The minimum Gasteiger partial charge on any atom is -0.299 e. The fourth-order valence-corrected chi connectivity index (χ4v) is 2.93. The molecular weight excluding hydrogens is 312 g/mol. The molecule has 0 N–H and O–H groups in total. The van der Waals surface area contributed by atoms with E-state index in [4.69, 9.17) is 0 Å². The zero-order valence-electron chi connectivity index (χ0n) is 13.7. The number of aliphatic imine (C=N–C) groups is 1. The van der Waals surface area contributed by atoms with Crippen molar-refractivity contribution < 1.29 is 4.79 Å². The van der Waals surface area contributed by atoms with Gasteiger partial charge in [-0.15, -0.1) is 0 Å². The summed E-state index contributed by atoms with van der Waals surface area (Å²) in [5.41, 5.74) is 2.69. The number of benzene rings is 3. The number of amides is 1. The second-order valence-corrected chi connectivity index (χ2v) is 5.86. The molecule has 0 fully saturated rings. The normalized spacial score (nSPS) is 17.1. The molecular formula is C20H16N4O. The molecule has 1 aliphatic heterocycles. The molecule has 1 heterocycles. The number of para-hydroxylation sites is 1. The molecule has 0 spiro atoms. The average molecular weight is 328 g/mol. The van der Waals surface area contributed by atoms with Gasteiger partial charge in [0, 0.05) is 11.1 Å². The number of rotatable bonds is 3. The third-order valence-electron chi connectivity index (χ3n) is 4.23. The maximum absolute atomic E-state index is 12.2. The predicted octanol–water partition coefficient (Wildman–Crippen LogP) is 4.63. The first kappa shape index (κ1) is 15.2. The van der Waals surface area contributed by atoms with E-state index in [0.717, 1.165) is 27.7 Å². The van der Waals surface area contributed by atoms with E-state index >= 15 is 0 Å². The van der Waals surface area contributed by atoms with Crippen LogP contribution < -0.4 is 4.90 Å². The summed E-state index contributed by atoms with van der Waals surface area (Å²) in [6.07, 6.45) is 0.761. The Bertz CT molecular complexity index is 1000. The van der Waals surface area contributed by atoms with Gasteiger partial charge in [-0.1, -0.05) is 54.6 Å². The molecule has 5 nitrogen and oxygen atoms in total. The van der Waals surface area contributed by atoms with Crippen molar-refractivity contribution in [3.63, 3.8) is 0 Å². The number of fused-ring (bicyclic) bond motifs is 1. The van der Waals surface area contributed by atoms with E-state index in [1.807, 2.05) is 73.7 Å². The van der Waals surface area contributed by atoms with E-state index in [1.54, 1.807) is 4.90 Å². The first-order valence-electron chi connectivity index (χ1n) is 8.05. The summed E-state index contributed by atoms with van der Waals surface area (Å²) in [6, 6.07) is 21.6. The van der Waals surface area contributed by atoms with Gasteiger partial charge in [-0.05, 0) is 30.0 Å². The van der Waals surface area contributed by atoms with Gasteiger partial charge in [0.15, 0.2) is 0 Å². The van der Waals surface area contributed by atoms with E-state index in [0.29, 0.717) is 0 Å². The fraction of sp³-hybridized carbons (Fsp3) is 0.100. The number of hydrogen-bond acceptors (Lipinski definition) is 4. The number of azo groups is 1. The first-order chi connectivity index (χ1) is 12.2. The highest BCUT2D eigenvalue weighted by Gasteiger charge is 2.30. The molecule has 0 aliphatic carbocycles. The van der Waals surface area contributed by atoms with Gasteiger partial charge in [-0.2, -0.15) is 15.2 Å². The molecule has 0 aromatic heterocycles. The van der Waals surface area contributed by atoms with Gasteiger partial charge in [0.1, 0.15) is 6.34 Å². The van der Waals surface area contributed by atoms with Gasteiger partial charge in [-0.3, -0.25) is 9.69 Å². The van der Waals surface area contributed by atoms with Crippen LogP contribution in [0.15, 0.2) is 82.0 Å². The van der Waals surface area contributed by atoms with Crippen molar-refractivity contribution in [1.29, 1.82) is 0 Å². The lowest BCUT2D eigenvalue weighted by Crippen LogP contribution is -2.32. The van der Waals surface area contributed by atoms with Crippen LogP contribution in [0.2, 0.25) is 0 Å². The summed E-state index contributed by atoms with van der Waals surface area (Å²) in [6.45, 7) is 1.99. The molecule has 1 amide bonds. The molecule has 122 valence electrons. The summed E-state index contributed by atoms with van der Waals surface area (Å²) < 4.78 is 0. The molecule has 0 saturated carbocycles. The van der Waals surface area contributed by atoms with Crippen molar-refractivity contribution in [3.8, 4) is 0 Å². The van der Waals surface area contributed by atoms with Crippen LogP contribution >= 0.6 is 0 Å². The number of aryl methyl sites for hydroxylation is 1. The summed E-state index contributed by atoms with van der Waals surface area (Å²) in [5.74, 6) is -0.313. The Morgan fingerprint density at radius 3 is 2.60 bits per heavy atom. The molecule has 5 heteroatoms. The van der Waals surface area contributed by atoms with E-state index in [9.17, 15) is 4.79 Å². The summed E-state index contributed by atoms with van der Waals surface area (Å²) >= 11 is 0. The van der Waals surface area contributed by atoms with Crippen LogP contribution in [-0.4, -0.2) is 18.4 Å². The molecule has 0 bridgehead atoms. The molecule has 3 aromatic carbocycles. The third-order valence-corrected chi connectivity index (χ3v) is 4.23. The van der Waals surface area contributed by atoms with E-state index in [2.05, 4.69) is 15.2 Å². The fourth-order valence-electron chi connectivity index (χ4n) is 2.93. The van der Waals surface area contributed by atoms with E-state index in [-0.39, 0.29) is 5.91 Å². The standard InChI is InChI=1S/C20H16N4O/c1-14-7-2-5-12-18(14)24-13-21-20(25)19(24)23-22-17-11-6-9-15-8-3-4-10-16(15)17/h2-13,19H,1H3/t19-/m1/s1. The third kappa shape index (κ3) is 2.80. The van der Waals surface area contributed by atoms with E-state index in [1.165, 1.54) is 6.34 Å². The predicted molar refractivity (Wildman–Crippen MR) is 99.4 cm³/mol. The van der Waals surface area contributed by atoms with Crippen molar-refractivity contribution >= 4 is 34.4 Å². The number of anilines is 1. The van der Waals surface area contributed by atoms with Gasteiger partial charge >= 0.3 is 0 Å². The average Bonchev–Trinajstić information content (AvgIpc) is 3.01. The van der Waals surface area contributed by atoms with Crippen molar-refractivity contribution in [2.45, 2.75) is 13.1 Å². The summed E-state index contributed by atoms with van der Waals surface area (Å²) in [5, 5.41) is 10.7. The van der Waals surface area contributed by atoms with Gasteiger partial charge < -0.3 is 0 Å². The highest BCUT2D eigenvalue weighted by atomic mass is 16.2. The molecule has 0 radical (unpaired) electrons. The Morgan fingerprint density at radius 2 is 1.72 bits per heavy atom. The highest BCUT2D eigenvalue weighted by Crippen LogP contribution is 2.28. The van der Waals surface area contributed by atoms with Crippen LogP contribution in [-0.2, 0) is 4.79 Å². The summed E-state index contributed by atoms with van der Waals surface area (Å²) in [7, 11) is 0. The Balaban J connectivity index is 1.70. The largest absolute Gasteiger partial charge is 0.299 e. The molecule has 0 unspecified atom stereocenters. The smallest absolute Gasteiger partial charge is 0.294 e. The van der Waals surface area contributed by atoms with Crippen LogP contribution in [0.3, 0.4) is 0 Å². The maximum Gasteiger partial charge on any atom is 0.294 e. The van der Waals surface area contributed by atoms with Crippen LogP contribution in [0, 0.1) is 6.92 Å². The monoisotopic (exact) mass is 328 g/mol. The molecule has 3 aromatic rings. The molecule has 0 saturated heterocycles.